The summed E-state index contributed by atoms with van der Waals surface area (Å²) in [6.07, 6.45) is 67.5. The number of carbonyl (C=O) groups excluding carboxylic acids is 2. The molecule has 0 rings (SSSR count). The molecule has 2 atom stereocenters. The molecule has 0 saturated carbocycles. The second-order valence-corrected chi connectivity index (χ2v) is 20.4. The van der Waals surface area contributed by atoms with Gasteiger partial charge in [-0.1, -0.05) is 276 Å². The Hall–Kier alpha value is -1.66. The van der Waals surface area contributed by atoms with Gasteiger partial charge in [0.2, 0.25) is 5.91 Å². The Morgan fingerprint density at radius 3 is 1.12 bits per heavy atom. The van der Waals surface area contributed by atoms with E-state index in [1.54, 1.807) is 0 Å². The van der Waals surface area contributed by atoms with E-state index in [0.29, 0.717) is 25.9 Å². The molecule has 1 amide bonds. The molecule has 0 spiro atoms. The lowest BCUT2D eigenvalue weighted by molar-refractivity contribution is -0.143. The molecule has 0 aromatic heterocycles. The molecule has 0 aliphatic rings. The first-order chi connectivity index (χ1) is 32.5. The van der Waals surface area contributed by atoms with Crippen molar-refractivity contribution in [1.29, 1.82) is 0 Å². The number of amides is 1. The van der Waals surface area contributed by atoms with E-state index in [4.69, 9.17) is 4.74 Å². The third-order valence-electron chi connectivity index (χ3n) is 13.8. The van der Waals surface area contributed by atoms with Crippen LogP contribution in [0.15, 0.2) is 24.3 Å². The third kappa shape index (κ3) is 51.7. The van der Waals surface area contributed by atoms with E-state index in [-0.39, 0.29) is 18.5 Å². The highest BCUT2D eigenvalue weighted by molar-refractivity contribution is 5.76. The Balaban J connectivity index is 3.48. The van der Waals surface area contributed by atoms with Gasteiger partial charge >= 0.3 is 5.97 Å². The summed E-state index contributed by atoms with van der Waals surface area (Å²) in [5.74, 6) is -0.0723. The van der Waals surface area contributed by atoms with Crippen molar-refractivity contribution in [2.45, 2.75) is 334 Å². The maximum absolute atomic E-state index is 12.5. The van der Waals surface area contributed by atoms with E-state index in [9.17, 15) is 19.8 Å². The van der Waals surface area contributed by atoms with Gasteiger partial charge in [-0.05, 0) is 57.8 Å². The van der Waals surface area contributed by atoms with Crippen molar-refractivity contribution < 1.29 is 24.5 Å². The van der Waals surface area contributed by atoms with E-state index in [1.807, 2.05) is 0 Å². The van der Waals surface area contributed by atoms with Crippen molar-refractivity contribution in [3.8, 4) is 0 Å². The Kier molecular flexibility index (Phi) is 54.5. The summed E-state index contributed by atoms with van der Waals surface area (Å²) in [4.78, 5) is 24.5. The molecule has 0 saturated heterocycles. The van der Waals surface area contributed by atoms with Crippen LogP contribution in [0.1, 0.15) is 322 Å². The van der Waals surface area contributed by atoms with E-state index in [0.717, 1.165) is 77.0 Å². The molecule has 6 nitrogen and oxygen atoms in total. The fourth-order valence-electron chi connectivity index (χ4n) is 9.22. The minimum absolute atomic E-state index is 0.0165. The molecule has 0 aliphatic carbocycles. The van der Waals surface area contributed by atoms with Gasteiger partial charge in [-0.2, -0.15) is 0 Å². The molecule has 0 bridgehead atoms. The van der Waals surface area contributed by atoms with Gasteiger partial charge in [0.05, 0.1) is 25.4 Å². The average molecular weight is 931 g/mol. The van der Waals surface area contributed by atoms with Crippen molar-refractivity contribution in [3.63, 3.8) is 0 Å². The predicted molar refractivity (Wildman–Crippen MR) is 287 cm³/mol. The number of nitrogens with one attached hydrogen (secondary N) is 1. The van der Waals surface area contributed by atoms with Crippen LogP contribution in [0.2, 0.25) is 0 Å². The lowest BCUT2D eigenvalue weighted by atomic mass is 10.0. The number of ether oxygens (including phenoxy) is 1. The van der Waals surface area contributed by atoms with Crippen LogP contribution >= 0.6 is 0 Å². The zero-order valence-electron chi connectivity index (χ0n) is 44.4. The van der Waals surface area contributed by atoms with Gasteiger partial charge in [-0.3, -0.25) is 9.59 Å². The molecular formula is C60H115NO5. The lowest BCUT2D eigenvalue weighted by Crippen LogP contribution is -2.45. The van der Waals surface area contributed by atoms with Crippen molar-refractivity contribution in [3.05, 3.63) is 24.3 Å². The predicted octanol–water partition coefficient (Wildman–Crippen LogP) is 18.2. The van der Waals surface area contributed by atoms with Crippen LogP contribution in [0.5, 0.6) is 0 Å². The molecule has 0 aromatic carbocycles. The topological polar surface area (TPSA) is 95.9 Å². The minimum atomic E-state index is -0.678. The molecule has 0 aromatic rings. The summed E-state index contributed by atoms with van der Waals surface area (Å²) in [6, 6.07) is -0.557. The zero-order valence-corrected chi connectivity index (χ0v) is 44.4. The number of aliphatic hydroxyl groups is 2. The van der Waals surface area contributed by atoms with Gasteiger partial charge in [-0.25, -0.2) is 0 Å². The largest absolute Gasteiger partial charge is 0.466 e. The number of aliphatic hydroxyl groups excluding tert-OH is 2. The van der Waals surface area contributed by atoms with E-state index in [2.05, 4.69) is 43.5 Å². The monoisotopic (exact) mass is 930 g/mol. The van der Waals surface area contributed by atoms with Crippen molar-refractivity contribution in [2.75, 3.05) is 13.2 Å². The number of hydrogen-bond donors (Lipinski definition) is 3. The quantitative estimate of drug-likeness (QED) is 0.0321. The number of rotatable bonds is 55. The summed E-state index contributed by atoms with van der Waals surface area (Å²) in [7, 11) is 0. The smallest absolute Gasteiger partial charge is 0.305 e. The fourth-order valence-corrected chi connectivity index (χ4v) is 9.22. The Labute approximate surface area is 411 Å². The third-order valence-corrected chi connectivity index (χ3v) is 13.8. The van der Waals surface area contributed by atoms with Crippen LogP contribution in [0.25, 0.3) is 0 Å². The van der Waals surface area contributed by atoms with E-state index < -0.39 is 12.1 Å². The fraction of sp³-hybridized carbons (Fsp3) is 0.900. The summed E-state index contributed by atoms with van der Waals surface area (Å²) in [5.41, 5.74) is 0. The summed E-state index contributed by atoms with van der Waals surface area (Å²) < 4.78 is 5.47. The highest BCUT2D eigenvalue weighted by atomic mass is 16.5. The molecule has 66 heavy (non-hydrogen) atoms. The number of esters is 1. The number of carbonyl (C=O) groups is 2. The van der Waals surface area contributed by atoms with E-state index >= 15 is 0 Å². The maximum Gasteiger partial charge on any atom is 0.305 e. The van der Waals surface area contributed by atoms with Gasteiger partial charge in [0.25, 0.3) is 0 Å². The lowest BCUT2D eigenvalue weighted by Gasteiger charge is -2.22. The normalized spacial score (nSPS) is 12.7. The number of unbranched alkanes of at least 4 members (excludes halogenated alkanes) is 41. The second-order valence-electron chi connectivity index (χ2n) is 20.4. The summed E-state index contributed by atoms with van der Waals surface area (Å²) in [6.45, 7) is 4.92. The Morgan fingerprint density at radius 1 is 0.424 bits per heavy atom. The molecule has 390 valence electrons. The standard InChI is InChI=1S/C60H115NO5/c1-3-5-7-9-11-13-15-17-19-20-21-22-26-30-34-38-42-46-50-54-60(65)66-55-51-47-43-39-35-31-27-23-25-29-33-37-41-45-49-53-59(64)61-57(56-62)58(63)52-48-44-40-36-32-28-24-18-16-14-12-10-8-6-4-2/h23,27,31,35,57-58,62-63H,3-22,24-26,28-30,32-34,36-56H2,1-2H3,(H,61,64)/b27-23-,35-31-. The average Bonchev–Trinajstić information content (AvgIpc) is 3.32. The van der Waals surface area contributed by atoms with Gasteiger partial charge < -0.3 is 20.3 Å². The van der Waals surface area contributed by atoms with Crippen LogP contribution in [0, 0.1) is 0 Å². The van der Waals surface area contributed by atoms with Crippen LogP contribution in [0.4, 0.5) is 0 Å². The van der Waals surface area contributed by atoms with Crippen LogP contribution < -0.4 is 5.32 Å². The molecule has 2 unspecified atom stereocenters. The Morgan fingerprint density at radius 2 is 0.742 bits per heavy atom. The van der Waals surface area contributed by atoms with Gasteiger partial charge in [0.1, 0.15) is 0 Å². The highest BCUT2D eigenvalue weighted by Gasteiger charge is 2.20. The highest BCUT2D eigenvalue weighted by Crippen LogP contribution is 2.17. The first kappa shape index (κ1) is 64.3. The molecule has 0 aliphatic heterocycles. The number of hydrogen-bond acceptors (Lipinski definition) is 5. The van der Waals surface area contributed by atoms with Gasteiger partial charge in [-0.15, -0.1) is 0 Å². The summed E-state index contributed by atoms with van der Waals surface area (Å²) >= 11 is 0. The molecule has 3 N–H and O–H groups in total. The number of allylic oxidation sites excluding steroid dienone is 4. The van der Waals surface area contributed by atoms with E-state index in [1.165, 1.54) is 212 Å². The van der Waals surface area contributed by atoms with Crippen molar-refractivity contribution in [2.24, 2.45) is 0 Å². The minimum Gasteiger partial charge on any atom is -0.466 e. The first-order valence-electron chi connectivity index (χ1n) is 29.6. The van der Waals surface area contributed by atoms with Crippen molar-refractivity contribution in [1.82, 2.24) is 5.32 Å². The molecule has 0 fully saturated rings. The molecule has 0 heterocycles. The molecule has 6 heteroatoms. The Bertz CT molecular complexity index is 1030. The van der Waals surface area contributed by atoms with Crippen LogP contribution in [-0.4, -0.2) is 47.4 Å². The summed E-state index contributed by atoms with van der Waals surface area (Å²) in [5, 5.41) is 23.2. The van der Waals surface area contributed by atoms with Gasteiger partial charge in [0.15, 0.2) is 0 Å². The SMILES string of the molecule is CCCCCCCCCCCCCCCCCCCCCC(=O)OCCCCC/C=C\C=C/CCCCCCCCC(=O)NC(CO)C(O)CCCCCCCCCCCCCCCCC. The van der Waals surface area contributed by atoms with Crippen LogP contribution in [0.3, 0.4) is 0 Å². The van der Waals surface area contributed by atoms with Gasteiger partial charge in [0, 0.05) is 12.8 Å². The maximum atomic E-state index is 12.5. The zero-order chi connectivity index (χ0) is 47.9. The van der Waals surface area contributed by atoms with Crippen molar-refractivity contribution >= 4 is 11.9 Å². The second kappa shape index (κ2) is 55.9. The molecular weight excluding hydrogens is 815 g/mol. The first-order valence-corrected chi connectivity index (χ1v) is 29.6. The van der Waals surface area contributed by atoms with Crippen LogP contribution in [-0.2, 0) is 14.3 Å². The molecule has 0 radical (unpaired) electrons.